The molecule has 0 bridgehead atoms. The fourth-order valence-electron chi connectivity index (χ4n) is 1.90. The van der Waals surface area contributed by atoms with Crippen LogP contribution in [0.15, 0.2) is 47.4 Å². The van der Waals surface area contributed by atoms with Gasteiger partial charge in [-0.1, -0.05) is 6.07 Å². The van der Waals surface area contributed by atoms with Crippen LogP contribution in [0.4, 0.5) is 10.1 Å². The molecule has 4 nitrogen and oxygen atoms in total. The lowest BCUT2D eigenvalue weighted by Gasteiger charge is -2.12. The van der Waals surface area contributed by atoms with Gasteiger partial charge < -0.3 is 4.74 Å². The van der Waals surface area contributed by atoms with E-state index in [1.807, 2.05) is 13.8 Å². The second-order valence-corrected chi connectivity index (χ2v) is 6.89. The summed E-state index contributed by atoms with van der Waals surface area (Å²) in [7, 11) is -3.77. The van der Waals surface area contributed by atoms with Crippen LogP contribution in [0.2, 0.25) is 0 Å². The van der Waals surface area contributed by atoms with Crippen LogP contribution < -0.4 is 9.46 Å². The molecule has 0 fully saturated rings. The monoisotopic (exact) mass is 323 g/mol. The average molecular weight is 323 g/mol. The standard InChI is InChI=1S/C16H18FNO3S/c1-11(2)21-14-6-4-5-13(10-14)18-22(19,20)15-7-8-16(17)12(3)9-15/h4-11,18H,1-3H3. The molecule has 0 radical (unpaired) electrons. The largest absolute Gasteiger partial charge is 0.491 e. The van der Waals surface area contributed by atoms with Crippen molar-refractivity contribution in [2.45, 2.75) is 31.8 Å². The number of ether oxygens (including phenoxy) is 1. The van der Waals surface area contributed by atoms with Crippen LogP contribution in [-0.2, 0) is 10.0 Å². The molecule has 0 saturated carbocycles. The molecule has 0 spiro atoms. The third-order valence-corrected chi connectivity index (χ3v) is 4.28. The molecule has 0 aromatic heterocycles. The minimum Gasteiger partial charge on any atom is -0.491 e. The lowest BCUT2D eigenvalue weighted by molar-refractivity contribution is 0.242. The summed E-state index contributed by atoms with van der Waals surface area (Å²) in [5.41, 5.74) is 0.667. The number of halogens is 1. The van der Waals surface area contributed by atoms with Crippen LogP contribution in [0.25, 0.3) is 0 Å². The summed E-state index contributed by atoms with van der Waals surface area (Å²) < 4.78 is 45.9. The number of benzene rings is 2. The normalized spacial score (nSPS) is 11.5. The predicted molar refractivity (Wildman–Crippen MR) is 84.2 cm³/mol. The van der Waals surface area contributed by atoms with Crippen molar-refractivity contribution < 1.29 is 17.5 Å². The van der Waals surface area contributed by atoms with Gasteiger partial charge >= 0.3 is 0 Å². The van der Waals surface area contributed by atoms with Gasteiger partial charge in [0.1, 0.15) is 11.6 Å². The topological polar surface area (TPSA) is 55.4 Å². The molecule has 22 heavy (non-hydrogen) atoms. The van der Waals surface area contributed by atoms with Crippen LogP contribution >= 0.6 is 0 Å². The molecule has 2 rings (SSSR count). The third-order valence-electron chi connectivity index (χ3n) is 2.90. The van der Waals surface area contributed by atoms with Crippen molar-refractivity contribution in [3.8, 4) is 5.75 Å². The maximum Gasteiger partial charge on any atom is 0.261 e. The van der Waals surface area contributed by atoms with E-state index in [-0.39, 0.29) is 16.6 Å². The van der Waals surface area contributed by atoms with E-state index in [4.69, 9.17) is 4.74 Å². The molecule has 2 aromatic carbocycles. The highest BCUT2D eigenvalue weighted by molar-refractivity contribution is 7.92. The molecule has 0 aliphatic heterocycles. The van der Waals surface area contributed by atoms with E-state index < -0.39 is 15.8 Å². The van der Waals surface area contributed by atoms with Crippen molar-refractivity contribution in [2.75, 3.05) is 4.72 Å². The highest BCUT2D eigenvalue weighted by atomic mass is 32.2. The second-order valence-electron chi connectivity index (χ2n) is 5.21. The van der Waals surface area contributed by atoms with E-state index in [1.54, 1.807) is 24.3 Å². The maximum atomic E-state index is 13.3. The first-order valence-electron chi connectivity index (χ1n) is 6.83. The van der Waals surface area contributed by atoms with Crippen molar-refractivity contribution in [1.29, 1.82) is 0 Å². The molecule has 0 aliphatic carbocycles. The van der Waals surface area contributed by atoms with E-state index in [2.05, 4.69) is 4.72 Å². The molecule has 0 amide bonds. The van der Waals surface area contributed by atoms with Crippen LogP contribution in [0.1, 0.15) is 19.4 Å². The summed E-state index contributed by atoms with van der Waals surface area (Å²) in [6.45, 7) is 5.29. The number of rotatable bonds is 5. The quantitative estimate of drug-likeness (QED) is 0.912. The van der Waals surface area contributed by atoms with Crippen LogP contribution in [0.5, 0.6) is 5.75 Å². The number of anilines is 1. The van der Waals surface area contributed by atoms with Gasteiger partial charge in [-0.2, -0.15) is 0 Å². The highest BCUT2D eigenvalue weighted by Crippen LogP contribution is 2.22. The first kappa shape index (κ1) is 16.3. The first-order valence-corrected chi connectivity index (χ1v) is 8.32. The van der Waals surface area contributed by atoms with Crippen LogP contribution in [0.3, 0.4) is 0 Å². The summed E-state index contributed by atoms with van der Waals surface area (Å²) in [5.74, 6) is 0.136. The smallest absolute Gasteiger partial charge is 0.261 e. The number of sulfonamides is 1. The van der Waals surface area contributed by atoms with E-state index in [0.29, 0.717) is 11.4 Å². The van der Waals surface area contributed by atoms with Crippen molar-refractivity contribution in [2.24, 2.45) is 0 Å². The van der Waals surface area contributed by atoms with Gasteiger partial charge in [-0.25, -0.2) is 12.8 Å². The Bertz CT molecular complexity index is 773. The Balaban J connectivity index is 2.26. The van der Waals surface area contributed by atoms with Gasteiger partial charge in [0.25, 0.3) is 10.0 Å². The van der Waals surface area contributed by atoms with Gasteiger partial charge in [-0.15, -0.1) is 0 Å². The Morgan fingerprint density at radius 3 is 2.50 bits per heavy atom. The Labute approximate surface area is 130 Å². The van der Waals surface area contributed by atoms with Crippen LogP contribution in [0, 0.1) is 12.7 Å². The maximum absolute atomic E-state index is 13.3. The molecule has 2 aromatic rings. The van der Waals surface area contributed by atoms with Crippen LogP contribution in [-0.4, -0.2) is 14.5 Å². The summed E-state index contributed by atoms with van der Waals surface area (Å²) in [4.78, 5) is 0.0154. The van der Waals surface area contributed by atoms with E-state index in [1.165, 1.54) is 19.1 Å². The fourth-order valence-corrected chi connectivity index (χ4v) is 3.04. The molecule has 0 heterocycles. The minimum atomic E-state index is -3.77. The molecule has 0 atom stereocenters. The molecular formula is C16H18FNO3S. The zero-order valence-corrected chi connectivity index (χ0v) is 13.4. The zero-order chi connectivity index (χ0) is 16.3. The number of hydrogen-bond donors (Lipinski definition) is 1. The molecule has 0 unspecified atom stereocenters. The summed E-state index contributed by atoms with van der Waals surface area (Å²) in [6.07, 6.45) is -0.00777. The summed E-state index contributed by atoms with van der Waals surface area (Å²) in [5, 5.41) is 0. The molecule has 0 aliphatic rings. The molecule has 118 valence electrons. The average Bonchev–Trinajstić information content (AvgIpc) is 2.40. The molecule has 1 N–H and O–H groups in total. The van der Waals surface area contributed by atoms with Crippen molar-refractivity contribution in [1.82, 2.24) is 0 Å². The minimum absolute atomic E-state index is 0.00777. The Kier molecular flexibility index (Phi) is 4.71. The highest BCUT2D eigenvalue weighted by Gasteiger charge is 2.15. The molecular weight excluding hydrogens is 305 g/mol. The second kappa shape index (κ2) is 6.36. The van der Waals surface area contributed by atoms with Crippen molar-refractivity contribution in [3.63, 3.8) is 0 Å². The Hall–Kier alpha value is -2.08. The number of nitrogens with one attached hydrogen (secondary N) is 1. The Morgan fingerprint density at radius 1 is 1.14 bits per heavy atom. The Morgan fingerprint density at radius 2 is 1.86 bits per heavy atom. The zero-order valence-electron chi connectivity index (χ0n) is 12.6. The van der Waals surface area contributed by atoms with Crippen molar-refractivity contribution >= 4 is 15.7 Å². The van der Waals surface area contributed by atoms with E-state index in [0.717, 1.165) is 6.07 Å². The fraction of sp³-hybridized carbons (Fsp3) is 0.250. The number of hydrogen-bond acceptors (Lipinski definition) is 3. The number of aryl methyl sites for hydroxylation is 1. The van der Waals surface area contributed by atoms with Gasteiger partial charge in [-0.05, 0) is 56.7 Å². The van der Waals surface area contributed by atoms with Gasteiger partial charge in [0.2, 0.25) is 0 Å². The van der Waals surface area contributed by atoms with Gasteiger partial charge in [0, 0.05) is 6.07 Å². The van der Waals surface area contributed by atoms with Gasteiger partial charge in [-0.3, -0.25) is 4.72 Å². The van der Waals surface area contributed by atoms with E-state index >= 15 is 0 Å². The lowest BCUT2D eigenvalue weighted by atomic mass is 10.2. The lowest BCUT2D eigenvalue weighted by Crippen LogP contribution is -2.13. The SMILES string of the molecule is Cc1cc(S(=O)(=O)Nc2cccc(OC(C)C)c2)ccc1F. The third kappa shape index (κ3) is 3.98. The van der Waals surface area contributed by atoms with Gasteiger partial charge in [0.15, 0.2) is 0 Å². The van der Waals surface area contributed by atoms with E-state index in [9.17, 15) is 12.8 Å². The predicted octanol–water partition coefficient (Wildman–Crippen LogP) is 3.72. The first-order chi connectivity index (χ1) is 10.3. The molecule has 6 heteroatoms. The summed E-state index contributed by atoms with van der Waals surface area (Å²) >= 11 is 0. The summed E-state index contributed by atoms with van der Waals surface area (Å²) in [6, 6.07) is 10.4. The molecule has 0 saturated heterocycles. The van der Waals surface area contributed by atoms with Gasteiger partial charge in [0.05, 0.1) is 16.7 Å². The van der Waals surface area contributed by atoms with Crippen molar-refractivity contribution in [3.05, 3.63) is 53.8 Å².